The Morgan fingerprint density at radius 1 is 0.678 bits per heavy atom. The average molecular weight is 886 g/mol. The number of nitrogens with one attached hydrogen (secondary N) is 2. The van der Waals surface area contributed by atoms with Crippen molar-refractivity contribution in [1.29, 1.82) is 0 Å². The fraction of sp³-hybridized carbons (Fsp3) is 0.541. The van der Waals surface area contributed by atoms with Crippen LogP contribution in [0.15, 0.2) is 24.8 Å². The Labute approximate surface area is 358 Å². The molecule has 59 heavy (non-hydrogen) atoms. The van der Waals surface area contributed by atoms with E-state index in [-0.39, 0.29) is 35.5 Å². The first-order valence-electron chi connectivity index (χ1n) is 18.1. The summed E-state index contributed by atoms with van der Waals surface area (Å²) < 4.78 is 20.5. The molecule has 22 heteroatoms. The first kappa shape index (κ1) is 51.9. The van der Waals surface area contributed by atoms with E-state index in [1.54, 1.807) is 74.7 Å². The number of nitrogen functional groups attached to an aromatic ring is 1. The van der Waals surface area contributed by atoms with Crippen LogP contribution in [0.5, 0.6) is 0 Å². The number of halogens is 1. The minimum atomic E-state index is -1.29. The van der Waals surface area contributed by atoms with Gasteiger partial charge < -0.3 is 35.7 Å². The van der Waals surface area contributed by atoms with Crippen LogP contribution in [0.4, 0.5) is 14.8 Å². The number of nitrogens with zero attached hydrogens (tertiary/aromatic N) is 6. The molecule has 4 aromatic heterocycles. The van der Waals surface area contributed by atoms with E-state index in [0.29, 0.717) is 27.7 Å². The average Bonchev–Trinajstić information content (AvgIpc) is 3.88. The molecule has 0 bridgehead atoms. The molecule has 4 rings (SSSR count). The first-order valence-corrected chi connectivity index (χ1v) is 19.7. The second kappa shape index (κ2) is 21.2. The number of carbonyl (C=O) groups excluding carboxylic acids is 5. The van der Waals surface area contributed by atoms with Crippen LogP contribution in [0.2, 0.25) is 0 Å². The molecule has 0 aliphatic heterocycles. The zero-order valence-electron chi connectivity index (χ0n) is 36.0. The number of rotatable bonds is 10. The maximum atomic E-state index is 12.6. The molecule has 0 fully saturated rings. The standard InChI is InChI=1S/C19H27N5O5S.C10H12N4O2S.C8H17NO2.ClH/c1-8-28-15(25)12-11(2)14(24-20-9-10-21-24)30-13(12)22-17(27)23-19(6,7)16(26)29-18(3,4)5;1-3-16-10(15)7-6(2)9(17-8(7)11)14-12-4-5-13-14;1-7(2,3)11-6(10)8(4,5)9;/h9-10H,8H2,1-7H3,(H2,22,23,27);4-5H,3,11H2,1-2H3;9H2,1-5H3;1H. The Hall–Kier alpha value is -5.12. The van der Waals surface area contributed by atoms with Gasteiger partial charge in [-0.25, -0.2) is 19.2 Å². The SMILES string of the molecule is CC(C)(C)OC(=O)C(C)(C)N.CCOC(=O)c1c(N)sc(-n2nccn2)c1C.CCOC(=O)c1c(NC(=O)NC(C)(C)C(=O)OC(C)(C)C)sc(-n2nccn2)c1C.Cl. The van der Waals surface area contributed by atoms with E-state index >= 15 is 0 Å². The quantitative estimate of drug-likeness (QED) is 0.106. The molecular weight excluding hydrogens is 828 g/mol. The Morgan fingerprint density at radius 3 is 1.46 bits per heavy atom. The van der Waals surface area contributed by atoms with Crippen LogP contribution < -0.4 is 22.1 Å². The number of esters is 4. The van der Waals surface area contributed by atoms with E-state index in [1.165, 1.54) is 47.2 Å². The van der Waals surface area contributed by atoms with Gasteiger partial charge >= 0.3 is 29.9 Å². The largest absolute Gasteiger partial charge is 0.462 e. The number of carbonyl (C=O) groups is 5. The molecule has 0 radical (unpaired) electrons. The number of ether oxygens (including phenoxy) is 4. The molecule has 19 nitrogen and oxygen atoms in total. The number of aromatic nitrogens is 6. The lowest BCUT2D eigenvalue weighted by Gasteiger charge is -2.29. The molecular formula is C37H57ClN10O9S2. The lowest BCUT2D eigenvalue weighted by Crippen LogP contribution is -2.53. The highest BCUT2D eigenvalue weighted by Gasteiger charge is 2.35. The number of hydrogen-bond donors (Lipinski definition) is 4. The van der Waals surface area contributed by atoms with E-state index in [2.05, 4.69) is 31.0 Å². The summed E-state index contributed by atoms with van der Waals surface area (Å²) >= 11 is 2.39. The predicted octanol–water partition coefficient (Wildman–Crippen LogP) is 5.94. The fourth-order valence-corrected chi connectivity index (χ4v) is 6.41. The van der Waals surface area contributed by atoms with E-state index in [1.807, 2.05) is 20.8 Å². The summed E-state index contributed by atoms with van der Waals surface area (Å²) in [4.78, 5) is 63.2. The van der Waals surface area contributed by atoms with Crippen molar-refractivity contribution in [1.82, 2.24) is 35.3 Å². The minimum Gasteiger partial charge on any atom is -0.462 e. The van der Waals surface area contributed by atoms with Crippen molar-refractivity contribution in [2.75, 3.05) is 24.3 Å². The highest BCUT2D eigenvalue weighted by atomic mass is 35.5. The highest BCUT2D eigenvalue weighted by molar-refractivity contribution is 7.19. The van der Waals surface area contributed by atoms with Gasteiger partial charge in [-0.05, 0) is 96.9 Å². The molecule has 2 amide bonds. The summed E-state index contributed by atoms with van der Waals surface area (Å²) in [6, 6.07) is -0.669. The molecule has 0 saturated carbocycles. The monoisotopic (exact) mass is 884 g/mol. The van der Waals surface area contributed by atoms with E-state index in [0.717, 1.165) is 21.9 Å². The maximum Gasteiger partial charge on any atom is 0.341 e. The van der Waals surface area contributed by atoms with Crippen molar-refractivity contribution in [3.05, 3.63) is 47.0 Å². The number of amides is 2. The van der Waals surface area contributed by atoms with Gasteiger partial charge in [0.15, 0.2) is 0 Å². The normalized spacial score (nSPS) is 11.4. The number of nitrogens with two attached hydrogens (primary N) is 2. The van der Waals surface area contributed by atoms with Crippen LogP contribution in [-0.2, 0) is 28.5 Å². The summed E-state index contributed by atoms with van der Waals surface area (Å²) in [6.07, 6.45) is 6.15. The van der Waals surface area contributed by atoms with Gasteiger partial charge in [-0.1, -0.05) is 22.7 Å². The second-order valence-electron chi connectivity index (χ2n) is 15.5. The van der Waals surface area contributed by atoms with Crippen LogP contribution in [0.3, 0.4) is 0 Å². The highest BCUT2D eigenvalue weighted by Crippen LogP contribution is 2.36. The van der Waals surface area contributed by atoms with Crippen LogP contribution in [0.1, 0.15) is 115 Å². The van der Waals surface area contributed by atoms with Gasteiger partial charge in [-0.2, -0.15) is 20.4 Å². The van der Waals surface area contributed by atoms with Crippen LogP contribution in [-0.4, -0.2) is 95.4 Å². The molecule has 0 aliphatic rings. The molecule has 4 heterocycles. The lowest BCUT2D eigenvalue weighted by atomic mass is 10.1. The second-order valence-corrected chi connectivity index (χ2v) is 17.5. The third kappa shape index (κ3) is 15.5. The minimum absolute atomic E-state index is 0. The van der Waals surface area contributed by atoms with Gasteiger partial charge in [-0.3, -0.25) is 10.1 Å². The molecule has 4 aromatic rings. The molecule has 0 aromatic carbocycles. The van der Waals surface area contributed by atoms with Crippen molar-refractivity contribution in [2.45, 2.75) is 119 Å². The molecule has 6 N–H and O–H groups in total. The molecule has 0 saturated heterocycles. The van der Waals surface area contributed by atoms with Gasteiger partial charge in [-0.15, -0.1) is 22.0 Å². The number of urea groups is 1. The Balaban J connectivity index is 0.000000503. The number of thiophene rings is 2. The van der Waals surface area contributed by atoms with Crippen molar-refractivity contribution in [3.63, 3.8) is 0 Å². The summed E-state index contributed by atoms with van der Waals surface area (Å²) in [5.41, 5.74) is 9.93. The number of hydrogen-bond acceptors (Lipinski definition) is 17. The predicted molar refractivity (Wildman–Crippen MR) is 228 cm³/mol. The van der Waals surface area contributed by atoms with E-state index in [9.17, 15) is 24.0 Å². The van der Waals surface area contributed by atoms with Crippen LogP contribution in [0.25, 0.3) is 10.0 Å². The van der Waals surface area contributed by atoms with E-state index in [4.69, 9.17) is 30.4 Å². The van der Waals surface area contributed by atoms with Crippen molar-refractivity contribution >= 4 is 75.0 Å². The van der Waals surface area contributed by atoms with E-state index < -0.39 is 46.2 Å². The summed E-state index contributed by atoms with van der Waals surface area (Å²) in [5.74, 6) is -1.94. The third-order valence-electron chi connectivity index (χ3n) is 6.92. The van der Waals surface area contributed by atoms with Gasteiger partial charge in [0.25, 0.3) is 0 Å². The zero-order chi connectivity index (χ0) is 44.4. The summed E-state index contributed by atoms with van der Waals surface area (Å²) in [7, 11) is 0. The molecule has 0 unspecified atom stereocenters. The first-order chi connectivity index (χ1) is 26.6. The Kier molecular flexibility index (Phi) is 18.7. The Morgan fingerprint density at radius 2 is 1.07 bits per heavy atom. The lowest BCUT2D eigenvalue weighted by molar-refractivity contribution is -0.161. The Bertz CT molecular complexity index is 2030. The molecule has 0 spiro atoms. The van der Waals surface area contributed by atoms with Gasteiger partial charge in [0, 0.05) is 11.1 Å². The molecule has 0 atom stereocenters. The van der Waals surface area contributed by atoms with Crippen molar-refractivity contribution in [2.24, 2.45) is 5.73 Å². The third-order valence-corrected chi connectivity index (χ3v) is 9.18. The zero-order valence-corrected chi connectivity index (χ0v) is 38.4. The topological polar surface area (TPSA) is 260 Å². The fourth-order valence-electron chi connectivity index (χ4n) is 4.33. The van der Waals surface area contributed by atoms with Crippen molar-refractivity contribution in [3.8, 4) is 10.0 Å². The summed E-state index contributed by atoms with van der Waals surface area (Å²) in [6.45, 7) is 24.5. The molecule has 328 valence electrons. The summed E-state index contributed by atoms with van der Waals surface area (Å²) in [5, 5.41) is 23.4. The van der Waals surface area contributed by atoms with Gasteiger partial charge in [0.2, 0.25) is 0 Å². The number of anilines is 2. The van der Waals surface area contributed by atoms with Gasteiger partial charge in [0.05, 0.1) is 49.1 Å². The van der Waals surface area contributed by atoms with Gasteiger partial charge in [0.1, 0.15) is 42.3 Å². The van der Waals surface area contributed by atoms with Crippen LogP contribution in [0, 0.1) is 13.8 Å². The van der Waals surface area contributed by atoms with Crippen LogP contribution >= 0.6 is 35.1 Å². The maximum absolute atomic E-state index is 12.6. The van der Waals surface area contributed by atoms with Crippen molar-refractivity contribution < 1.29 is 42.9 Å². The smallest absolute Gasteiger partial charge is 0.341 e. The molecule has 0 aliphatic carbocycles.